The van der Waals surface area contributed by atoms with Gasteiger partial charge in [0.25, 0.3) is 20.0 Å². The first-order valence-corrected chi connectivity index (χ1v) is 9.84. The van der Waals surface area contributed by atoms with Crippen LogP contribution in [0.5, 0.6) is 5.75 Å². The van der Waals surface area contributed by atoms with Crippen molar-refractivity contribution in [1.82, 2.24) is 9.66 Å². The van der Waals surface area contributed by atoms with Crippen molar-refractivity contribution in [3.05, 3.63) is 54.1 Å². The first-order valence-electron chi connectivity index (χ1n) is 6.88. The van der Waals surface area contributed by atoms with Crippen LogP contribution >= 0.6 is 0 Å². The van der Waals surface area contributed by atoms with E-state index in [-0.39, 0.29) is 4.90 Å². The number of halogens is 2. The molecular formula is C14H14F2N2O5S2. The summed E-state index contributed by atoms with van der Waals surface area (Å²) in [6.07, 6.45) is 0. The molecule has 136 valence electrons. The summed E-state index contributed by atoms with van der Waals surface area (Å²) in [6, 6.07) is 7.58. The second-order valence-corrected chi connectivity index (χ2v) is 7.97. The molecule has 2 aromatic rings. The van der Waals surface area contributed by atoms with Gasteiger partial charge in [-0.1, -0.05) is 6.07 Å². The van der Waals surface area contributed by atoms with Gasteiger partial charge >= 0.3 is 0 Å². The van der Waals surface area contributed by atoms with Crippen molar-refractivity contribution in [1.29, 1.82) is 0 Å². The summed E-state index contributed by atoms with van der Waals surface area (Å²) in [7, 11) is -9.09. The minimum absolute atomic E-state index is 0.271. The van der Waals surface area contributed by atoms with Gasteiger partial charge in [0, 0.05) is 0 Å². The van der Waals surface area contributed by atoms with Crippen molar-refractivity contribution in [3.8, 4) is 5.75 Å². The minimum atomic E-state index is -4.79. The molecule has 0 atom stereocenters. The third-order valence-corrected chi connectivity index (χ3v) is 5.63. The maximum absolute atomic E-state index is 13.6. The molecule has 0 saturated heterocycles. The van der Waals surface area contributed by atoms with Gasteiger partial charge in [0.15, 0.2) is 4.90 Å². The van der Waals surface area contributed by atoms with E-state index in [2.05, 4.69) is 0 Å². The predicted octanol–water partition coefficient (Wildman–Crippen LogP) is 1.54. The average Bonchev–Trinajstić information content (AvgIpc) is 2.54. The quantitative estimate of drug-likeness (QED) is 0.696. The van der Waals surface area contributed by atoms with Gasteiger partial charge in [-0.2, -0.15) is 0 Å². The normalized spacial score (nSPS) is 12.1. The largest absolute Gasteiger partial charge is 0.494 e. The van der Waals surface area contributed by atoms with Crippen molar-refractivity contribution < 1.29 is 30.4 Å². The first-order chi connectivity index (χ1) is 11.7. The van der Waals surface area contributed by atoms with E-state index in [9.17, 15) is 25.6 Å². The van der Waals surface area contributed by atoms with Gasteiger partial charge in [-0.25, -0.2) is 25.6 Å². The Labute approximate surface area is 143 Å². The number of sulfonamides is 2. The van der Waals surface area contributed by atoms with Gasteiger partial charge in [-0.05, 0) is 43.3 Å². The Morgan fingerprint density at radius 3 is 1.92 bits per heavy atom. The van der Waals surface area contributed by atoms with E-state index >= 15 is 0 Å². The van der Waals surface area contributed by atoms with Crippen LogP contribution in [0, 0.1) is 11.6 Å². The number of nitrogens with one attached hydrogen (secondary N) is 2. The number of hydrogen-bond acceptors (Lipinski definition) is 5. The summed E-state index contributed by atoms with van der Waals surface area (Å²) < 4.78 is 80.3. The molecule has 25 heavy (non-hydrogen) atoms. The predicted molar refractivity (Wildman–Crippen MR) is 84.6 cm³/mol. The molecule has 0 unspecified atom stereocenters. The SMILES string of the molecule is CCOc1ccc(S(=O)(=O)NNS(=O)(=O)c2c(F)cccc2F)cc1. The van der Waals surface area contributed by atoms with Crippen LogP contribution in [0.25, 0.3) is 0 Å². The molecule has 0 radical (unpaired) electrons. The van der Waals surface area contributed by atoms with E-state index < -0.39 is 36.6 Å². The molecular weight excluding hydrogens is 378 g/mol. The van der Waals surface area contributed by atoms with Crippen molar-refractivity contribution in [2.24, 2.45) is 0 Å². The van der Waals surface area contributed by atoms with Crippen LogP contribution in [0.1, 0.15) is 6.92 Å². The lowest BCUT2D eigenvalue weighted by Crippen LogP contribution is -2.42. The van der Waals surface area contributed by atoms with Crippen LogP contribution < -0.4 is 14.4 Å². The molecule has 0 saturated carbocycles. The molecule has 0 spiro atoms. The van der Waals surface area contributed by atoms with Crippen LogP contribution in [0.4, 0.5) is 8.78 Å². The Bertz CT molecular complexity index is 941. The molecule has 0 amide bonds. The molecule has 0 aliphatic carbocycles. The van der Waals surface area contributed by atoms with E-state index in [0.717, 1.165) is 18.2 Å². The summed E-state index contributed by atoms with van der Waals surface area (Å²) in [5.41, 5.74) is 0. The zero-order chi connectivity index (χ0) is 18.7. The summed E-state index contributed by atoms with van der Waals surface area (Å²) in [5, 5.41) is 0. The van der Waals surface area contributed by atoms with E-state index in [4.69, 9.17) is 4.74 Å². The van der Waals surface area contributed by atoms with Crippen LogP contribution in [0.3, 0.4) is 0 Å². The fourth-order valence-electron chi connectivity index (χ4n) is 1.84. The lowest BCUT2D eigenvalue weighted by molar-refractivity contribution is 0.340. The van der Waals surface area contributed by atoms with Crippen molar-refractivity contribution in [3.63, 3.8) is 0 Å². The van der Waals surface area contributed by atoms with Crippen LogP contribution in [0.2, 0.25) is 0 Å². The molecule has 11 heteroatoms. The standard InChI is InChI=1S/C14H14F2N2O5S2/c1-2-23-10-6-8-11(9-7-10)24(19,20)17-18-25(21,22)14-12(15)4-3-5-13(14)16/h3-9,17-18H,2H2,1H3. The molecule has 0 heterocycles. The van der Waals surface area contributed by atoms with Gasteiger partial charge in [0.05, 0.1) is 11.5 Å². The number of hydrogen-bond donors (Lipinski definition) is 2. The molecule has 2 rings (SSSR count). The highest BCUT2D eigenvalue weighted by Gasteiger charge is 2.26. The molecule has 2 aromatic carbocycles. The Hall–Kier alpha value is -2.08. The molecule has 0 fully saturated rings. The smallest absolute Gasteiger partial charge is 0.259 e. The minimum Gasteiger partial charge on any atom is -0.494 e. The third-order valence-electron chi connectivity index (χ3n) is 2.94. The second kappa shape index (κ2) is 7.44. The fourth-order valence-corrected chi connectivity index (χ4v) is 4.08. The highest BCUT2D eigenvalue weighted by atomic mass is 32.2. The first kappa shape index (κ1) is 19.2. The summed E-state index contributed by atoms with van der Waals surface area (Å²) >= 11 is 0. The molecule has 0 aliphatic heterocycles. The van der Waals surface area contributed by atoms with Gasteiger partial charge in [-0.15, -0.1) is 9.66 Å². The average molecular weight is 392 g/mol. The lowest BCUT2D eigenvalue weighted by Gasteiger charge is -2.11. The van der Waals surface area contributed by atoms with Gasteiger partial charge < -0.3 is 4.74 Å². The van der Waals surface area contributed by atoms with Crippen LogP contribution in [-0.4, -0.2) is 23.4 Å². The Kier molecular flexibility index (Phi) is 5.72. The number of rotatable bonds is 7. The summed E-state index contributed by atoms with van der Waals surface area (Å²) in [4.78, 5) is 1.48. The summed E-state index contributed by atoms with van der Waals surface area (Å²) in [5.74, 6) is -2.28. The third kappa shape index (κ3) is 4.51. The monoisotopic (exact) mass is 392 g/mol. The molecule has 0 aliphatic rings. The topological polar surface area (TPSA) is 102 Å². The lowest BCUT2D eigenvalue weighted by atomic mass is 10.3. The zero-order valence-corrected chi connectivity index (χ0v) is 14.5. The van der Waals surface area contributed by atoms with Crippen molar-refractivity contribution >= 4 is 20.0 Å². The van der Waals surface area contributed by atoms with Crippen LogP contribution in [-0.2, 0) is 20.0 Å². The highest BCUT2D eigenvalue weighted by Crippen LogP contribution is 2.18. The van der Waals surface area contributed by atoms with Crippen molar-refractivity contribution in [2.45, 2.75) is 16.7 Å². The van der Waals surface area contributed by atoms with Gasteiger partial charge in [-0.3, -0.25) is 0 Å². The fraction of sp³-hybridized carbons (Fsp3) is 0.143. The molecule has 7 nitrogen and oxygen atoms in total. The zero-order valence-electron chi connectivity index (χ0n) is 12.9. The Balaban J connectivity index is 2.21. The van der Waals surface area contributed by atoms with Gasteiger partial charge in [0.2, 0.25) is 0 Å². The van der Waals surface area contributed by atoms with E-state index in [1.807, 2.05) is 0 Å². The van der Waals surface area contributed by atoms with E-state index in [1.165, 1.54) is 29.1 Å². The van der Waals surface area contributed by atoms with Gasteiger partial charge in [0.1, 0.15) is 17.4 Å². The van der Waals surface area contributed by atoms with E-state index in [1.54, 1.807) is 11.8 Å². The highest BCUT2D eigenvalue weighted by molar-refractivity contribution is 7.92. The second-order valence-electron chi connectivity index (χ2n) is 4.67. The number of ether oxygens (including phenoxy) is 1. The maximum Gasteiger partial charge on any atom is 0.259 e. The number of hydrazine groups is 1. The molecule has 0 aromatic heterocycles. The molecule has 0 bridgehead atoms. The molecule has 2 N–H and O–H groups in total. The maximum atomic E-state index is 13.6. The van der Waals surface area contributed by atoms with Crippen LogP contribution in [0.15, 0.2) is 52.3 Å². The van der Waals surface area contributed by atoms with E-state index in [0.29, 0.717) is 12.4 Å². The Morgan fingerprint density at radius 2 is 1.40 bits per heavy atom. The summed E-state index contributed by atoms with van der Waals surface area (Å²) in [6.45, 7) is 2.14. The number of benzene rings is 2. The van der Waals surface area contributed by atoms with Crippen molar-refractivity contribution in [2.75, 3.05) is 6.61 Å². The Morgan fingerprint density at radius 1 is 0.880 bits per heavy atom.